The van der Waals surface area contributed by atoms with Crippen LogP contribution in [0, 0.1) is 16.0 Å². The molecule has 0 heterocycles. The smallest absolute Gasteiger partial charge is 0.266 e. The van der Waals surface area contributed by atoms with Crippen molar-refractivity contribution in [1.82, 2.24) is 0 Å². The Morgan fingerprint density at radius 2 is 2.06 bits per heavy atom. The van der Waals surface area contributed by atoms with Crippen LogP contribution in [0.3, 0.4) is 0 Å². The molecular weight excluding hydrogens is 246 g/mol. The van der Waals surface area contributed by atoms with Crippen LogP contribution in [0.2, 0.25) is 0 Å². The van der Waals surface area contributed by atoms with Crippen LogP contribution in [0.15, 0.2) is 29.2 Å². The first-order valence-electron chi connectivity index (χ1n) is 4.97. The molecule has 0 aliphatic carbocycles. The number of nitrogens with zero attached hydrogens (tertiary/aromatic N) is 1. The minimum atomic E-state index is -3.92. The number of nitro groups is 1. The Bertz CT molecular complexity index is 509. The highest BCUT2D eigenvalue weighted by molar-refractivity contribution is 7.86. The zero-order valence-corrected chi connectivity index (χ0v) is 10.3. The predicted molar refractivity (Wildman–Crippen MR) is 61.1 cm³/mol. The third kappa shape index (κ3) is 3.79. The molecule has 0 bridgehead atoms. The molecule has 1 aromatic carbocycles. The fourth-order valence-electron chi connectivity index (χ4n) is 1.05. The van der Waals surface area contributed by atoms with Crippen LogP contribution in [0.25, 0.3) is 0 Å². The summed E-state index contributed by atoms with van der Waals surface area (Å²) < 4.78 is 28.1. The standard InChI is InChI=1S/C10H13NO5S/c1-8(2)7-16-17(14,15)10-5-3-4-9(6-10)11(12)13/h3-6,8H,7H2,1-2H3. The first-order valence-corrected chi connectivity index (χ1v) is 6.37. The summed E-state index contributed by atoms with van der Waals surface area (Å²) in [4.78, 5) is 9.66. The average Bonchev–Trinajstić information content (AvgIpc) is 2.27. The van der Waals surface area contributed by atoms with Crippen LogP contribution < -0.4 is 0 Å². The number of nitro benzene ring substituents is 1. The van der Waals surface area contributed by atoms with E-state index in [4.69, 9.17) is 4.18 Å². The SMILES string of the molecule is CC(C)COS(=O)(=O)c1cccc([N+](=O)[O-])c1. The highest BCUT2D eigenvalue weighted by atomic mass is 32.2. The Morgan fingerprint density at radius 3 is 2.59 bits per heavy atom. The van der Waals surface area contributed by atoms with Crippen molar-refractivity contribution in [2.45, 2.75) is 18.7 Å². The van der Waals surface area contributed by atoms with Gasteiger partial charge in [-0.05, 0) is 12.0 Å². The number of hydrogen-bond donors (Lipinski definition) is 0. The van der Waals surface area contributed by atoms with Gasteiger partial charge in [-0.2, -0.15) is 8.42 Å². The van der Waals surface area contributed by atoms with Gasteiger partial charge in [0.05, 0.1) is 11.5 Å². The fraction of sp³-hybridized carbons (Fsp3) is 0.400. The van der Waals surface area contributed by atoms with Gasteiger partial charge in [-0.15, -0.1) is 0 Å². The normalized spacial score (nSPS) is 11.7. The van der Waals surface area contributed by atoms with Gasteiger partial charge in [-0.1, -0.05) is 19.9 Å². The lowest BCUT2D eigenvalue weighted by Gasteiger charge is -2.07. The van der Waals surface area contributed by atoms with E-state index in [1.807, 2.05) is 13.8 Å². The maximum atomic E-state index is 11.7. The zero-order valence-electron chi connectivity index (χ0n) is 9.49. The molecule has 0 aliphatic rings. The number of benzene rings is 1. The van der Waals surface area contributed by atoms with Crippen molar-refractivity contribution in [2.75, 3.05) is 6.61 Å². The average molecular weight is 259 g/mol. The Kier molecular flexibility index (Phi) is 4.19. The maximum Gasteiger partial charge on any atom is 0.297 e. The predicted octanol–water partition coefficient (Wildman–Crippen LogP) is 1.96. The Labute approximate surface area is 99.5 Å². The Hall–Kier alpha value is -1.47. The van der Waals surface area contributed by atoms with Gasteiger partial charge >= 0.3 is 0 Å². The van der Waals surface area contributed by atoms with Crippen molar-refractivity contribution in [3.8, 4) is 0 Å². The second-order valence-corrected chi connectivity index (χ2v) is 5.50. The molecule has 0 unspecified atom stereocenters. The van der Waals surface area contributed by atoms with Gasteiger partial charge < -0.3 is 0 Å². The first kappa shape index (κ1) is 13.6. The number of rotatable bonds is 5. The van der Waals surface area contributed by atoms with Gasteiger partial charge in [0.1, 0.15) is 4.90 Å². The van der Waals surface area contributed by atoms with Crippen LogP contribution in [-0.4, -0.2) is 19.9 Å². The molecule has 17 heavy (non-hydrogen) atoms. The molecule has 1 rings (SSSR count). The van der Waals surface area contributed by atoms with Crippen molar-refractivity contribution < 1.29 is 17.5 Å². The van der Waals surface area contributed by atoms with E-state index < -0.39 is 15.0 Å². The minimum absolute atomic E-state index is 0.0467. The molecule has 0 saturated carbocycles. The molecule has 0 N–H and O–H groups in total. The molecule has 0 aromatic heterocycles. The molecule has 0 radical (unpaired) electrons. The number of hydrogen-bond acceptors (Lipinski definition) is 5. The van der Waals surface area contributed by atoms with E-state index in [0.717, 1.165) is 6.07 Å². The third-order valence-corrected chi connectivity index (χ3v) is 3.15. The summed E-state index contributed by atoms with van der Waals surface area (Å²) in [5, 5.41) is 10.5. The molecule has 6 nitrogen and oxygen atoms in total. The van der Waals surface area contributed by atoms with Crippen molar-refractivity contribution in [1.29, 1.82) is 0 Å². The topological polar surface area (TPSA) is 86.5 Å². The fourth-order valence-corrected chi connectivity index (χ4v) is 2.14. The summed E-state index contributed by atoms with van der Waals surface area (Å²) in [6, 6.07) is 4.78. The van der Waals surface area contributed by atoms with E-state index in [-0.39, 0.29) is 23.1 Å². The van der Waals surface area contributed by atoms with Crippen molar-refractivity contribution in [2.24, 2.45) is 5.92 Å². The largest absolute Gasteiger partial charge is 0.297 e. The molecular formula is C10H13NO5S. The van der Waals surface area contributed by atoms with Crippen LogP contribution in [0.4, 0.5) is 5.69 Å². The summed E-state index contributed by atoms with van der Waals surface area (Å²) in [7, 11) is -3.92. The van der Waals surface area contributed by atoms with Gasteiger partial charge in [0.15, 0.2) is 0 Å². The summed E-state index contributed by atoms with van der Waals surface area (Å²) >= 11 is 0. The molecule has 94 valence electrons. The molecule has 0 saturated heterocycles. The molecule has 7 heteroatoms. The first-order chi connectivity index (χ1) is 7.83. The van der Waals surface area contributed by atoms with Gasteiger partial charge in [-0.25, -0.2) is 0 Å². The van der Waals surface area contributed by atoms with Crippen LogP contribution >= 0.6 is 0 Å². The Balaban J connectivity index is 2.99. The van der Waals surface area contributed by atoms with Crippen molar-refractivity contribution in [3.05, 3.63) is 34.4 Å². The van der Waals surface area contributed by atoms with E-state index >= 15 is 0 Å². The van der Waals surface area contributed by atoms with E-state index in [9.17, 15) is 18.5 Å². The lowest BCUT2D eigenvalue weighted by Crippen LogP contribution is -2.11. The zero-order chi connectivity index (χ0) is 13.1. The lowest BCUT2D eigenvalue weighted by molar-refractivity contribution is -0.385. The van der Waals surface area contributed by atoms with Crippen molar-refractivity contribution in [3.63, 3.8) is 0 Å². The van der Waals surface area contributed by atoms with E-state index in [1.165, 1.54) is 18.2 Å². The van der Waals surface area contributed by atoms with Crippen LogP contribution in [0.1, 0.15) is 13.8 Å². The highest BCUT2D eigenvalue weighted by Gasteiger charge is 2.18. The van der Waals surface area contributed by atoms with Gasteiger partial charge in [-0.3, -0.25) is 14.3 Å². The maximum absolute atomic E-state index is 11.7. The van der Waals surface area contributed by atoms with Crippen LogP contribution in [0.5, 0.6) is 0 Å². The summed E-state index contributed by atoms with van der Waals surface area (Å²) in [5.41, 5.74) is -0.278. The van der Waals surface area contributed by atoms with Crippen LogP contribution in [-0.2, 0) is 14.3 Å². The van der Waals surface area contributed by atoms with E-state index in [1.54, 1.807) is 0 Å². The molecule has 1 aromatic rings. The van der Waals surface area contributed by atoms with Gasteiger partial charge in [0.2, 0.25) is 0 Å². The highest BCUT2D eigenvalue weighted by Crippen LogP contribution is 2.19. The molecule has 0 amide bonds. The molecule has 0 aliphatic heterocycles. The van der Waals surface area contributed by atoms with E-state index in [2.05, 4.69) is 0 Å². The number of non-ortho nitro benzene ring substituents is 1. The summed E-state index contributed by atoms with van der Waals surface area (Å²) in [6.45, 7) is 3.66. The molecule has 0 spiro atoms. The van der Waals surface area contributed by atoms with Gasteiger partial charge in [0, 0.05) is 12.1 Å². The molecule has 0 atom stereocenters. The van der Waals surface area contributed by atoms with Crippen molar-refractivity contribution >= 4 is 15.8 Å². The summed E-state index contributed by atoms with van der Waals surface area (Å²) in [5.74, 6) is 0.0588. The summed E-state index contributed by atoms with van der Waals surface area (Å²) in [6.07, 6.45) is 0. The molecule has 0 fully saturated rings. The monoisotopic (exact) mass is 259 g/mol. The lowest BCUT2D eigenvalue weighted by atomic mass is 10.2. The second kappa shape index (κ2) is 5.24. The minimum Gasteiger partial charge on any atom is -0.266 e. The van der Waals surface area contributed by atoms with Gasteiger partial charge in [0.25, 0.3) is 15.8 Å². The van der Waals surface area contributed by atoms with E-state index in [0.29, 0.717) is 0 Å². The second-order valence-electron chi connectivity index (χ2n) is 3.89. The quantitative estimate of drug-likeness (QED) is 0.458. The third-order valence-electron chi connectivity index (χ3n) is 1.87. The Morgan fingerprint density at radius 1 is 1.41 bits per heavy atom.